The fourth-order valence-electron chi connectivity index (χ4n) is 1.17. The maximum absolute atomic E-state index is 5.94. The molecule has 1 heterocycles. The molecule has 0 saturated carbocycles. The van der Waals surface area contributed by atoms with E-state index in [1.54, 1.807) is 17.8 Å². The Hall–Kier alpha value is -0.470. The molecular formula is C11H14ClNS. The third-order valence-electron chi connectivity index (χ3n) is 1.81. The van der Waals surface area contributed by atoms with Gasteiger partial charge in [0.1, 0.15) is 5.16 Å². The van der Waals surface area contributed by atoms with Crippen molar-refractivity contribution < 1.29 is 0 Å². The Morgan fingerprint density at radius 2 is 2.50 bits per heavy atom. The molecule has 0 N–H and O–H groups in total. The van der Waals surface area contributed by atoms with E-state index in [9.17, 15) is 0 Å². The third-order valence-corrected chi connectivity index (χ3v) is 3.18. The van der Waals surface area contributed by atoms with E-state index in [1.807, 2.05) is 6.08 Å². The minimum Gasteiger partial charge on any atom is -0.234 e. The summed E-state index contributed by atoms with van der Waals surface area (Å²) in [6.07, 6.45) is 6.63. The fraction of sp³-hybridized carbons (Fsp3) is 0.364. The van der Waals surface area contributed by atoms with Crippen molar-refractivity contribution in [1.29, 1.82) is 0 Å². The number of halogens is 1. The molecule has 1 rings (SSSR count). The van der Waals surface area contributed by atoms with E-state index in [1.165, 1.54) is 4.91 Å². The smallest absolute Gasteiger partial charge is 0.126 e. The molecule has 0 spiro atoms. The van der Waals surface area contributed by atoms with Crippen LogP contribution in [-0.2, 0) is 0 Å². The van der Waals surface area contributed by atoms with E-state index in [0.717, 1.165) is 11.5 Å². The van der Waals surface area contributed by atoms with Crippen molar-refractivity contribution in [2.24, 2.45) is 10.9 Å². The number of allylic oxidation sites excluding steroid dienone is 4. The predicted octanol–water partition coefficient (Wildman–Crippen LogP) is 4.33. The second-order valence-electron chi connectivity index (χ2n) is 3.17. The van der Waals surface area contributed by atoms with Crippen molar-refractivity contribution in [3.05, 3.63) is 34.9 Å². The van der Waals surface area contributed by atoms with Crippen LogP contribution in [0.3, 0.4) is 0 Å². The average Bonchev–Trinajstić information content (AvgIpc) is 2.42. The molecule has 76 valence electrons. The second-order valence-corrected chi connectivity index (χ2v) is 4.82. The Balaban J connectivity index is 2.66. The number of nitrogens with zero attached hydrogens (tertiary/aromatic N) is 1. The Kier molecular flexibility index (Phi) is 4.49. The lowest BCUT2D eigenvalue weighted by Crippen LogP contribution is -1.97. The minimum absolute atomic E-state index is 0.394. The summed E-state index contributed by atoms with van der Waals surface area (Å²) in [5, 5.41) is 1.63. The quantitative estimate of drug-likeness (QED) is 0.517. The van der Waals surface area contributed by atoms with Crippen molar-refractivity contribution in [2.45, 2.75) is 20.3 Å². The van der Waals surface area contributed by atoms with Gasteiger partial charge in [-0.25, -0.2) is 4.99 Å². The maximum atomic E-state index is 5.94. The van der Waals surface area contributed by atoms with E-state index in [0.29, 0.717) is 11.1 Å². The van der Waals surface area contributed by atoms with Crippen LogP contribution in [0, 0.1) is 5.92 Å². The van der Waals surface area contributed by atoms with E-state index < -0.39 is 0 Å². The van der Waals surface area contributed by atoms with Crippen LogP contribution in [0.4, 0.5) is 0 Å². The summed E-state index contributed by atoms with van der Waals surface area (Å²) in [5.74, 6) is 0.394. The highest BCUT2D eigenvalue weighted by Gasteiger charge is 2.17. The fourth-order valence-corrected chi connectivity index (χ4v) is 2.40. The van der Waals surface area contributed by atoms with Crippen molar-refractivity contribution >= 4 is 28.4 Å². The van der Waals surface area contributed by atoms with Crippen LogP contribution < -0.4 is 0 Å². The van der Waals surface area contributed by atoms with Crippen molar-refractivity contribution in [3.8, 4) is 0 Å². The molecule has 0 aromatic rings. The molecule has 0 bridgehead atoms. The molecule has 1 atom stereocenters. The zero-order valence-corrected chi connectivity index (χ0v) is 10.0. The Morgan fingerprint density at radius 1 is 1.79 bits per heavy atom. The first-order valence-electron chi connectivity index (χ1n) is 4.55. The van der Waals surface area contributed by atoms with Crippen molar-refractivity contribution in [3.63, 3.8) is 0 Å². The Morgan fingerprint density at radius 3 is 3.00 bits per heavy atom. The highest BCUT2D eigenvalue weighted by Crippen LogP contribution is 2.32. The van der Waals surface area contributed by atoms with E-state index in [-0.39, 0.29) is 0 Å². The average molecular weight is 228 g/mol. The van der Waals surface area contributed by atoms with Crippen LogP contribution in [0.25, 0.3) is 0 Å². The van der Waals surface area contributed by atoms with Gasteiger partial charge in [0.25, 0.3) is 0 Å². The topological polar surface area (TPSA) is 12.4 Å². The summed E-state index contributed by atoms with van der Waals surface area (Å²) in [6, 6.07) is 0. The van der Waals surface area contributed by atoms with Gasteiger partial charge in [0.15, 0.2) is 0 Å². The molecule has 1 aliphatic heterocycles. The van der Waals surface area contributed by atoms with E-state index in [2.05, 4.69) is 31.5 Å². The third kappa shape index (κ3) is 3.35. The molecule has 0 aromatic heterocycles. The van der Waals surface area contributed by atoms with Gasteiger partial charge in [0.2, 0.25) is 0 Å². The van der Waals surface area contributed by atoms with Crippen LogP contribution in [0.2, 0.25) is 0 Å². The number of rotatable bonds is 3. The van der Waals surface area contributed by atoms with Crippen LogP contribution >= 0.6 is 23.4 Å². The van der Waals surface area contributed by atoms with Crippen LogP contribution in [-0.4, -0.2) is 5.04 Å². The largest absolute Gasteiger partial charge is 0.234 e. The van der Waals surface area contributed by atoms with Crippen LogP contribution in [0.1, 0.15) is 20.3 Å². The highest BCUT2D eigenvalue weighted by atomic mass is 35.5. The number of hydrogen-bond donors (Lipinski definition) is 0. The zero-order valence-electron chi connectivity index (χ0n) is 8.46. The van der Waals surface area contributed by atoms with Gasteiger partial charge < -0.3 is 0 Å². The molecule has 0 aromatic carbocycles. The molecule has 1 unspecified atom stereocenters. The van der Waals surface area contributed by atoms with Gasteiger partial charge in [-0.2, -0.15) is 0 Å². The first kappa shape index (κ1) is 11.6. The summed E-state index contributed by atoms with van der Waals surface area (Å²) < 4.78 is 0. The van der Waals surface area contributed by atoms with Gasteiger partial charge in [-0.15, -0.1) is 6.58 Å². The highest BCUT2D eigenvalue weighted by molar-refractivity contribution is 8.17. The molecule has 0 saturated heterocycles. The molecule has 0 amide bonds. The zero-order chi connectivity index (χ0) is 10.6. The lowest BCUT2D eigenvalue weighted by molar-refractivity contribution is 1.02. The summed E-state index contributed by atoms with van der Waals surface area (Å²) in [7, 11) is 0. The van der Waals surface area contributed by atoms with E-state index >= 15 is 0 Å². The Labute approximate surface area is 94.6 Å². The van der Waals surface area contributed by atoms with Crippen molar-refractivity contribution in [1.82, 2.24) is 0 Å². The van der Waals surface area contributed by atoms with Crippen LogP contribution in [0.5, 0.6) is 0 Å². The molecule has 1 nitrogen and oxygen atoms in total. The molecule has 0 aliphatic carbocycles. The number of thioether (sulfide) groups is 1. The SMILES string of the molecule is C=CC/C=C(Cl)\N=C1\SC(C)=CC1C. The number of hydrogen-bond acceptors (Lipinski definition) is 2. The molecule has 14 heavy (non-hydrogen) atoms. The number of aliphatic imine (C=N–C) groups is 1. The van der Waals surface area contributed by atoms with E-state index in [4.69, 9.17) is 11.6 Å². The first-order valence-corrected chi connectivity index (χ1v) is 5.74. The molecule has 1 aliphatic rings. The van der Waals surface area contributed by atoms with Gasteiger partial charge in [0.05, 0.1) is 5.04 Å². The molecular weight excluding hydrogens is 214 g/mol. The lowest BCUT2D eigenvalue weighted by atomic mass is 10.2. The van der Waals surface area contributed by atoms with Gasteiger partial charge in [-0.1, -0.05) is 42.4 Å². The monoisotopic (exact) mass is 227 g/mol. The molecule has 0 fully saturated rings. The molecule has 3 heteroatoms. The summed E-state index contributed by atoms with van der Waals surface area (Å²) in [4.78, 5) is 5.65. The standard InChI is InChI=1S/C11H14ClNS/c1-4-5-6-10(12)13-11-8(2)7-9(3)14-11/h4,6-8H,1,5H2,2-3H3/b10-6-,13-11+. The normalized spacial score (nSPS) is 25.4. The minimum atomic E-state index is 0.394. The second kappa shape index (κ2) is 5.42. The van der Waals surface area contributed by atoms with Crippen LogP contribution in [0.15, 0.2) is 39.9 Å². The summed E-state index contributed by atoms with van der Waals surface area (Å²) >= 11 is 7.64. The van der Waals surface area contributed by atoms with Gasteiger partial charge in [-0.3, -0.25) is 0 Å². The Bertz CT molecular complexity index is 315. The van der Waals surface area contributed by atoms with Crippen molar-refractivity contribution in [2.75, 3.05) is 0 Å². The van der Waals surface area contributed by atoms with Gasteiger partial charge in [0, 0.05) is 5.92 Å². The first-order chi connectivity index (χ1) is 6.63. The van der Waals surface area contributed by atoms with Gasteiger partial charge in [-0.05, 0) is 24.3 Å². The predicted molar refractivity (Wildman–Crippen MR) is 66.7 cm³/mol. The van der Waals surface area contributed by atoms with Gasteiger partial charge >= 0.3 is 0 Å². The summed E-state index contributed by atoms with van der Waals surface area (Å²) in [5.41, 5.74) is 0. The maximum Gasteiger partial charge on any atom is 0.126 e. The molecule has 0 radical (unpaired) electrons. The summed E-state index contributed by atoms with van der Waals surface area (Å²) in [6.45, 7) is 7.84. The lowest BCUT2D eigenvalue weighted by Gasteiger charge is -2.00.